The van der Waals surface area contributed by atoms with Crippen LogP contribution in [-0.2, 0) is 9.53 Å². The molecule has 0 unspecified atom stereocenters. The lowest BCUT2D eigenvalue weighted by Gasteiger charge is -2.26. The maximum atomic E-state index is 13.9. The number of aryl methyl sites for hydroxylation is 1. The van der Waals surface area contributed by atoms with Crippen molar-refractivity contribution >= 4 is 51.1 Å². The van der Waals surface area contributed by atoms with Crippen LogP contribution in [0.3, 0.4) is 0 Å². The van der Waals surface area contributed by atoms with E-state index in [0.29, 0.717) is 52.6 Å². The predicted octanol–water partition coefficient (Wildman–Crippen LogP) is 4.42. The van der Waals surface area contributed by atoms with Crippen molar-refractivity contribution in [3.8, 4) is 11.5 Å². The fraction of sp³-hybridized carbons (Fsp3) is 0.250. The van der Waals surface area contributed by atoms with Crippen LogP contribution in [0, 0.1) is 6.92 Å². The molecule has 0 saturated heterocycles. The SMILES string of the molecule is CCOC(=O)C1=C(C)N=c2s/c(=C/c3cc(Br)c(Sc4nccc(C)n4)o3)c(=O)n2[C@@H]1c1ccc(OC)cc1OC. The van der Waals surface area contributed by atoms with Gasteiger partial charge in [0.1, 0.15) is 23.3 Å². The molecule has 0 bridgehead atoms. The van der Waals surface area contributed by atoms with Crippen LogP contribution in [0.4, 0.5) is 0 Å². The molecule has 1 aliphatic rings. The first-order valence-electron chi connectivity index (χ1n) is 12.4. The molecule has 0 aliphatic carbocycles. The molecule has 0 amide bonds. The molecule has 212 valence electrons. The molecule has 1 aromatic carbocycles. The zero-order valence-corrected chi connectivity index (χ0v) is 26.0. The number of carbonyl (C=O) groups is 1. The Kier molecular flexibility index (Phi) is 8.47. The van der Waals surface area contributed by atoms with Crippen molar-refractivity contribution in [3.63, 3.8) is 0 Å². The van der Waals surface area contributed by atoms with Gasteiger partial charge in [-0.05, 0) is 72.7 Å². The Hall–Kier alpha value is -3.68. The normalized spacial score (nSPS) is 15.0. The third-order valence-electron chi connectivity index (χ3n) is 6.16. The van der Waals surface area contributed by atoms with E-state index in [4.69, 9.17) is 18.6 Å². The van der Waals surface area contributed by atoms with Crippen LogP contribution < -0.4 is 24.4 Å². The van der Waals surface area contributed by atoms with Crippen LogP contribution in [0.2, 0.25) is 0 Å². The number of carbonyl (C=O) groups excluding carboxylic acids is 1. The lowest BCUT2D eigenvalue weighted by molar-refractivity contribution is -0.139. The van der Waals surface area contributed by atoms with Crippen molar-refractivity contribution in [3.05, 3.63) is 89.0 Å². The second kappa shape index (κ2) is 12.0. The van der Waals surface area contributed by atoms with E-state index in [9.17, 15) is 9.59 Å². The highest BCUT2D eigenvalue weighted by Gasteiger charge is 2.35. The predicted molar refractivity (Wildman–Crippen MR) is 157 cm³/mol. The van der Waals surface area contributed by atoms with Crippen molar-refractivity contribution in [1.29, 1.82) is 0 Å². The standard InChI is InChI=1S/C28H25BrN4O6S2/c1-6-38-25(35)22-15(3)32-28-33(23(22)18-8-7-16(36-4)12-20(18)37-5)24(34)21(40-28)13-17-11-19(29)26(39-17)41-27-30-10-9-14(2)31-27/h7-13,23H,6H2,1-5H3/b21-13+/t23-/m1/s1. The molecule has 1 aliphatic heterocycles. The van der Waals surface area contributed by atoms with Crippen LogP contribution in [0.5, 0.6) is 11.5 Å². The van der Waals surface area contributed by atoms with Crippen LogP contribution in [-0.4, -0.2) is 41.3 Å². The van der Waals surface area contributed by atoms with Gasteiger partial charge in [0.05, 0.1) is 41.1 Å². The van der Waals surface area contributed by atoms with E-state index >= 15 is 0 Å². The monoisotopic (exact) mass is 656 g/mol. The van der Waals surface area contributed by atoms with E-state index in [1.165, 1.54) is 34.8 Å². The van der Waals surface area contributed by atoms with E-state index in [1.807, 2.05) is 13.0 Å². The van der Waals surface area contributed by atoms with Gasteiger partial charge in [0.25, 0.3) is 5.56 Å². The molecule has 3 aromatic heterocycles. The highest BCUT2D eigenvalue weighted by molar-refractivity contribution is 9.10. The van der Waals surface area contributed by atoms with Crippen molar-refractivity contribution in [1.82, 2.24) is 14.5 Å². The van der Waals surface area contributed by atoms with Gasteiger partial charge in [-0.2, -0.15) is 0 Å². The zero-order valence-electron chi connectivity index (χ0n) is 22.8. The van der Waals surface area contributed by atoms with E-state index in [-0.39, 0.29) is 17.7 Å². The molecule has 0 fully saturated rings. The summed E-state index contributed by atoms with van der Waals surface area (Å²) >= 11 is 5.99. The number of hydrogen-bond acceptors (Lipinski definition) is 11. The van der Waals surface area contributed by atoms with Crippen molar-refractivity contribution in [2.24, 2.45) is 4.99 Å². The molecule has 4 heterocycles. The van der Waals surface area contributed by atoms with E-state index < -0.39 is 12.0 Å². The highest BCUT2D eigenvalue weighted by atomic mass is 79.9. The molecule has 0 spiro atoms. The Morgan fingerprint density at radius 1 is 1.22 bits per heavy atom. The fourth-order valence-electron chi connectivity index (χ4n) is 4.33. The number of esters is 1. The summed E-state index contributed by atoms with van der Waals surface area (Å²) in [6.07, 6.45) is 3.34. The second-order valence-electron chi connectivity index (χ2n) is 8.78. The van der Waals surface area contributed by atoms with E-state index in [0.717, 1.165) is 5.69 Å². The molecule has 0 N–H and O–H groups in total. The van der Waals surface area contributed by atoms with Gasteiger partial charge >= 0.3 is 5.97 Å². The summed E-state index contributed by atoms with van der Waals surface area (Å²) in [7, 11) is 3.07. The first-order chi connectivity index (χ1) is 19.7. The Morgan fingerprint density at radius 3 is 2.73 bits per heavy atom. The van der Waals surface area contributed by atoms with Gasteiger partial charge in [-0.3, -0.25) is 9.36 Å². The minimum Gasteiger partial charge on any atom is -0.497 e. The molecule has 1 atom stereocenters. The van der Waals surface area contributed by atoms with Gasteiger partial charge < -0.3 is 18.6 Å². The largest absolute Gasteiger partial charge is 0.497 e. The number of furan rings is 1. The highest BCUT2D eigenvalue weighted by Crippen LogP contribution is 2.38. The molecule has 41 heavy (non-hydrogen) atoms. The summed E-state index contributed by atoms with van der Waals surface area (Å²) in [4.78, 5) is 40.8. The van der Waals surface area contributed by atoms with Crippen LogP contribution in [0.1, 0.15) is 36.9 Å². The van der Waals surface area contributed by atoms with Crippen LogP contribution in [0.25, 0.3) is 6.08 Å². The second-order valence-corrected chi connectivity index (χ2v) is 11.6. The Bertz CT molecular complexity index is 1860. The smallest absolute Gasteiger partial charge is 0.338 e. The number of methoxy groups -OCH3 is 2. The Labute approximate surface area is 251 Å². The van der Waals surface area contributed by atoms with Crippen LogP contribution >= 0.6 is 39.0 Å². The summed E-state index contributed by atoms with van der Waals surface area (Å²) in [6, 6.07) is 8.00. The van der Waals surface area contributed by atoms with Gasteiger partial charge in [0.15, 0.2) is 15.1 Å². The number of halogens is 1. The molecular weight excluding hydrogens is 632 g/mol. The molecule has 13 heteroatoms. The van der Waals surface area contributed by atoms with Gasteiger partial charge in [0.2, 0.25) is 0 Å². The van der Waals surface area contributed by atoms with Crippen LogP contribution in [0.15, 0.2) is 76.7 Å². The van der Waals surface area contributed by atoms with Crippen molar-refractivity contribution < 1.29 is 23.4 Å². The Balaban J connectivity index is 1.64. The summed E-state index contributed by atoms with van der Waals surface area (Å²) < 4.78 is 25.0. The number of benzene rings is 1. The third kappa shape index (κ3) is 5.74. The minimum atomic E-state index is -0.832. The lowest BCUT2D eigenvalue weighted by atomic mass is 9.95. The first-order valence-corrected chi connectivity index (χ1v) is 14.8. The van der Waals surface area contributed by atoms with Gasteiger partial charge in [0, 0.05) is 29.6 Å². The summed E-state index contributed by atoms with van der Waals surface area (Å²) in [5, 5.41) is 1.09. The van der Waals surface area contributed by atoms with Crippen molar-refractivity contribution in [2.75, 3.05) is 20.8 Å². The molecule has 10 nitrogen and oxygen atoms in total. The average Bonchev–Trinajstić information content (AvgIpc) is 3.44. The number of rotatable bonds is 8. The number of aromatic nitrogens is 3. The third-order valence-corrected chi connectivity index (χ3v) is 8.86. The number of allylic oxidation sites excluding steroid dienone is 1. The number of fused-ring (bicyclic) bond motifs is 1. The van der Waals surface area contributed by atoms with E-state index in [2.05, 4.69) is 30.9 Å². The molecule has 0 saturated carbocycles. The van der Waals surface area contributed by atoms with Gasteiger partial charge in [-0.1, -0.05) is 11.3 Å². The molecule has 0 radical (unpaired) electrons. The molecule has 4 aromatic rings. The quantitative estimate of drug-likeness (QED) is 0.201. The van der Waals surface area contributed by atoms with Gasteiger partial charge in [-0.25, -0.2) is 19.8 Å². The fourth-order valence-corrected chi connectivity index (χ4v) is 6.67. The number of thiazole rings is 1. The topological polar surface area (TPSA) is 118 Å². The maximum Gasteiger partial charge on any atom is 0.338 e. The summed E-state index contributed by atoms with van der Waals surface area (Å²) in [6.45, 7) is 5.52. The minimum absolute atomic E-state index is 0.174. The zero-order chi connectivity index (χ0) is 29.3. The summed E-state index contributed by atoms with van der Waals surface area (Å²) in [5.41, 5.74) is 1.81. The molecular formula is C28H25BrN4O6S2. The number of ether oxygens (including phenoxy) is 3. The van der Waals surface area contributed by atoms with Gasteiger partial charge in [-0.15, -0.1) is 0 Å². The summed E-state index contributed by atoms with van der Waals surface area (Å²) in [5.74, 6) is 0.929. The van der Waals surface area contributed by atoms with E-state index in [1.54, 1.807) is 57.5 Å². The Morgan fingerprint density at radius 2 is 2.02 bits per heavy atom. The lowest BCUT2D eigenvalue weighted by Crippen LogP contribution is -2.40. The number of hydrogen-bond donors (Lipinski definition) is 0. The molecule has 5 rings (SSSR count). The first kappa shape index (κ1) is 28.8. The average molecular weight is 658 g/mol. The number of nitrogens with zero attached hydrogens (tertiary/aromatic N) is 4. The maximum absolute atomic E-state index is 13.9. The van der Waals surface area contributed by atoms with Crippen molar-refractivity contribution in [2.45, 2.75) is 37.1 Å².